The van der Waals surface area contributed by atoms with E-state index in [2.05, 4.69) is 41.5 Å². The molecule has 16 nitrogen and oxygen atoms in total. The Morgan fingerprint density at radius 1 is 0.277 bits per heavy atom. The molecule has 0 aromatic rings. The molecular formula is C96H184O16. The van der Waals surface area contributed by atoms with Crippen molar-refractivity contribution in [2.24, 2.45) is 59.2 Å². The maximum Gasteiger partial charge on any atom is 0.308 e. The topological polar surface area (TPSA) is 179 Å². The summed E-state index contributed by atoms with van der Waals surface area (Å²) in [7, 11) is 7.18. The molecule has 0 saturated heterocycles. The van der Waals surface area contributed by atoms with E-state index >= 15 is 0 Å². The average molecular weight is 1590 g/mol. The minimum Gasteiger partial charge on any atom is -0.466 e. The molecular weight excluding hydrogens is 1410 g/mol. The Hall–Kier alpha value is -2.44. The van der Waals surface area contributed by atoms with E-state index in [-0.39, 0.29) is 35.7 Å². The summed E-state index contributed by atoms with van der Waals surface area (Å²) in [5.74, 6) is 7.32. The van der Waals surface area contributed by atoms with E-state index < -0.39 is 0 Å². The Balaban J connectivity index is 0.000000612. The molecule has 0 aromatic heterocycles. The quantitative estimate of drug-likeness (QED) is 0.0489. The fourth-order valence-electron chi connectivity index (χ4n) is 18.2. The minimum absolute atomic E-state index is 0.0139. The van der Waals surface area contributed by atoms with E-state index in [4.69, 9.17) is 56.8 Å². The Morgan fingerprint density at radius 3 is 0.723 bits per heavy atom. The van der Waals surface area contributed by atoms with E-state index in [0.29, 0.717) is 50.8 Å². The summed E-state index contributed by atoms with van der Waals surface area (Å²) >= 11 is 0. The maximum atomic E-state index is 11.0. The fourth-order valence-corrected chi connectivity index (χ4v) is 18.2. The molecule has 0 radical (unpaired) electrons. The normalized spacial score (nSPS) is 21.0. The first-order valence-electron chi connectivity index (χ1n) is 47.6. The summed E-state index contributed by atoms with van der Waals surface area (Å²) in [5, 5.41) is 0. The molecule has 12 aliphatic rings. The second-order valence-corrected chi connectivity index (χ2v) is 34.2. The number of ether oxygens (including phenoxy) is 12. The van der Waals surface area contributed by atoms with Crippen LogP contribution in [0.1, 0.15) is 403 Å². The van der Waals surface area contributed by atoms with Gasteiger partial charge < -0.3 is 56.8 Å². The van der Waals surface area contributed by atoms with Crippen LogP contribution < -0.4 is 0 Å². The Bertz CT molecular complexity index is 1830. The summed E-state index contributed by atoms with van der Waals surface area (Å²) < 4.78 is 61.4. The number of hydrogen-bond donors (Lipinski definition) is 0. The number of rotatable bonds is 30. The molecule has 112 heavy (non-hydrogen) atoms. The van der Waals surface area contributed by atoms with Gasteiger partial charge in [-0.05, 0) is 231 Å². The molecule has 16 heteroatoms. The van der Waals surface area contributed by atoms with Crippen molar-refractivity contribution in [3.63, 3.8) is 0 Å². The summed E-state index contributed by atoms with van der Waals surface area (Å²) in [5.41, 5.74) is 0. The van der Waals surface area contributed by atoms with Gasteiger partial charge in [0.05, 0.1) is 62.7 Å². The monoisotopic (exact) mass is 1590 g/mol. The molecule has 2 atom stereocenters. The lowest BCUT2D eigenvalue weighted by molar-refractivity contribution is -0.148. The first-order valence-corrected chi connectivity index (χ1v) is 47.6. The third kappa shape index (κ3) is 60.9. The molecule has 12 fully saturated rings. The third-order valence-corrected chi connectivity index (χ3v) is 25.3. The summed E-state index contributed by atoms with van der Waals surface area (Å²) in [4.78, 5) is 42.8. The molecule has 0 N–H and O–H groups in total. The smallest absolute Gasteiger partial charge is 0.308 e. The van der Waals surface area contributed by atoms with Crippen LogP contribution >= 0.6 is 0 Å². The highest BCUT2D eigenvalue weighted by molar-refractivity contribution is 5.73. The SMILES string of the molecule is CC(=O)OCCC1CCCC1.CC(=O)OCCC1CCCC1.CCOC(=O)C1CCCC1.CCOC(=O)C1CCCC1.CCOC(C)C1CCCC1.CCOC(C)C1CCCC1.CCOCC1CCCC1.CCOCC1CCCC1.COC1CCCC1.COC1CCCC1.COCCC1CCCC1.COCCC1CCCC1. The van der Waals surface area contributed by atoms with Gasteiger partial charge in [-0.3, -0.25) is 19.2 Å². The molecule has 0 spiro atoms. The highest BCUT2D eigenvalue weighted by atomic mass is 16.5. The minimum atomic E-state index is -0.150. The van der Waals surface area contributed by atoms with Crippen LogP contribution in [0.3, 0.4) is 0 Å². The van der Waals surface area contributed by atoms with Gasteiger partial charge in [-0.1, -0.05) is 205 Å². The van der Waals surface area contributed by atoms with Crippen LogP contribution in [0, 0.1) is 59.2 Å². The molecule has 12 aliphatic carbocycles. The number of carbonyl (C=O) groups excluding carboxylic acids is 4. The van der Waals surface area contributed by atoms with Crippen molar-refractivity contribution in [2.75, 3.05) is 108 Å². The van der Waals surface area contributed by atoms with Gasteiger partial charge in [-0.25, -0.2) is 0 Å². The summed E-state index contributed by atoms with van der Waals surface area (Å²) in [6.45, 7) is 29.1. The molecule has 12 saturated carbocycles. The Kier molecular flexibility index (Phi) is 74.1. The number of hydrogen-bond acceptors (Lipinski definition) is 16. The molecule has 12 rings (SSSR count). The first-order chi connectivity index (χ1) is 54.5. The number of methoxy groups -OCH3 is 4. The second-order valence-electron chi connectivity index (χ2n) is 34.2. The predicted octanol–water partition coefficient (Wildman–Crippen LogP) is 24.9. The van der Waals surface area contributed by atoms with Crippen molar-refractivity contribution in [1.29, 1.82) is 0 Å². The van der Waals surface area contributed by atoms with Gasteiger partial charge in [0.2, 0.25) is 0 Å². The lowest BCUT2D eigenvalue weighted by atomic mass is 10.0. The molecule has 0 amide bonds. The van der Waals surface area contributed by atoms with Crippen LogP contribution in [0.2, 0.25) is 0 Å². The zero-order valence-electron chi connectivity index (χ0n) is 75.9. The zero-order valence-corrected chi connectivity index (χ0v) is 75.9. The number of carbonyl (C=O) groups is 4. The lowest BCUT2D eigenvalue weighted by Crippen LogP contribution is -2.17. The molecule has 2 unspecified atom stereocenters. The van der Waals surface area contributed by atoms with Crippen molar-refractivity contribution >= 4 is 23.9 Å². The van der Waals surface area contributed by atoms with E-state index in [1.54, 1.807) is 28.4 Å². The summed E-state index contributed by atoms with van der Waals surface area (Å²) in [6, 6.07) is 0. The zero-order chi connectivity index (χ0) is 82.1. The standard InChI is InChI=1S/2C9H16O2.2C9H18O.2C8H14O2.4C8H16O.2C6H12O/c2*1-8(10)11-7-6-9-4-2-3-5-9;2*1-3-10-8(2)9-6-4-5-7-9;2*1-2-10-8(9)7-5-3-4-6-7;2*1-9-7-6-8-4-2-3-5-8;2*1-2-9-7-8-5-3-4-6-8;2*1-7-6-4-2-3-5-6/h2*9H,2-7H2,1H3;2*8-9H,3-7H2,1-2H3;2*7H,2-6H2,1H3;4*8H,2-7H2,1H3;2*6H,2-5H2,1H3. The van der Waals surface area contributed by atoms with Gasteiger partial charge in [0.1, 0.15) is 0 Å². The molecule has 0 aliphatic heterocycles. The third-order valence-electron chi connectivity index (χ3n) is 25.3. The van der Waals surface area contributed by atoms with E-state index in [0.717, 1.165) is 139 Å². The van der Waals surface area contributed by atoms with Crippen LogP contribution in [0.15, 0.2) is 0 Å². The van der Waals surface area contributed by atoms with Crippen molar-refractivity contribution in [1.82, 2.24) is 0 Å². The fraction of sp³-hybridized carbons (Fsp3) is 0.958. The van der Waals surface area contributed by atoms with Crippen LogP contribution in [0.5, 0.6) is 0 Å². The van der Waals surface area contributed by atoms with Gasteiger partial charge in [0.15, 0.2) is 0 Å². The van der Waals surface area contributed by atoms with Crippen molar-refractivity contribution in [3.8, 4) is 0 Å². The lowest BCUT2D eigenvalue weighted by Gasteiger charge is -2.17. The van der Waals surface area contributed by atoms with Crippen molar-refractivity contribution in [3.05, 3.63) is 0 Å². The highest BCUT2D eigenvalue weighted by Gasteiger charge is 2.27. The van der Waals surface area contributed by atoms with Crippen LogP contribution in [0.25, 0.3) is 0 Å². The van der Waals surface area contributed by atoms with Gasteiger partial charge in [-0.15, -0.1) is 0 Å². The molecule has 0 aromatic carbocycles. The highest BCUT2D eigenvalue weighted by Crippen LogP contribution is 2.34. The van der Waals surface area contributed by atoms with E-state index in [1.165, 1.54) is 309 Å². The van der Waals surface area contributed by atoms with Crippen LogP contribution in [-0.2, 0) is 76.0 Å². The van der Waals surface area contributed by atoms with E-state index in [1.807, 2.05) is 13.8 Å². The van der Waals surface area contributed by atoms with Crippen molar-refractivity contribution < 1.29 is 76.0 Å². The van der Waals surface area contributed by atoms with Gasteiger partial charge in [0, 0.05) is 95.1 Å². The Morgan fingerprint density at radius 2 is 0.509 bits per heavy atom. The largest absolute Gasteiger partial charge is 0.466 e. The van der Waals surface area contributed by atoms with Crippen LogP contribution in [0.4, 0.5) is 0 Å². The number of esters is 4. The van der Waals surface area contributed by atoms with Gasteiger partial charge in [-0.2, -0.15) is 0 Å². The van der Waals surface area contributed by atoms with Crippen LogP contribution in [-0.4, -0.2) is 156 Å². The molecule has 664 valence electrons. The second kappa shape index (κ2) is 77.2. The maximum absolute atomic E-state index is 11.0. The average Bonchev–Trinajstić information content (AvgIpc) is 1.74. The van der Waals surface area contributed by atoms with Crippen molar-refractivity contribution in [2.45, 2.75) is 428 Å². The predicted molar refractivity (Wildman–Crippen MR) is 462 cm³/mol. The van der Waals surface area contributed by atoms with E-state index in [9.17, 15) is 19.2 Å². The summed E-state index contributed by atoms with van der Waals surface area (Å²) in [6.07, 6.45) is 71.5. The Labute approximate surface area is 690 Å². The molecule has 0 bridgehead atoms. The van der Waals surface area contributed by atoms with Gasteiger partial charge >= 0.3 is 23.9 Å². The molecule has 0 heterocycles. The first kappa shape index (κ1) is 108. The van der Waals surface area contributed by atoms with Gasteiger partial charge in [0.25, 0.3) is 0 Å².